The van der Waals surface area contributed by atoms with E-state index in [9.17, 15) is 28.0 Å². The number of hydrogen-bond donors (Lipinski definition) is 1. The number of pyridine rings is 1. The summed E-state index contributed by atoms with van der Waals surface area (Å²) in [6, 6.07) is 7.75. The molecule has 2 heterocycles. The number of hydrogen-bond acceptors (Lipinski definition) is 10. The summed E-state index contributed by atoms with van der Waals surface area (Å²) in [6.07, 6.45) is 2.58. The van der Waals surface area contributed by atoms with Gasteiger partial charge in [-0.15, -0.1) is 0 Å². The highest BCUT2D eigenvalue weighted by Crippen LogP contribution is 2.38. The molecular formula is C40H46Cl2F2N4O9. The molecule has 308 valence electrons. The Labute approximate surface area is 339 Å². The van der Waals surface area contributed by atoms with Gasteiger partial charge in [0.05, 0.1) is 35.0 Å². The predicted octanol–water partition coefficient (Wildman–Crippen LogP) is 8.11. The highest BCUT2D eigenvalue weighted by atomic mass is 35.5. The number of esters is 1. The Morgan fingerprint density at radius 2 is 1.58 bits per heavy atom. The van der Waals surface area contributed by atoms with Gasteiger partial charge in [-0.1, -0.05) is 29.3 Å². The van der Waals surface area contributed by atoms with Crippen molar-refractivity contribution in [1.29, 1.82) is 0 Å². The average molecular weight is 836 g/mol. The molecule has 2 aliphatic rings. The maximum atomic E-state index is 13.8. The van der Waals surface area contributed by atoms with Crippen LogP contribution in [0.4, 0.5) is 19.3 Å². The van der Waals surface area contributed by atoms with Crippen molar-refractivity contribution in [3.05, 3.63) is 75.5 Å². The van der Waals surface area contributed by atoms with E-state index in [0.29, 0.717) is 23.7 Å². The molecule has 1 aliphatic heterocycles. The Kier molecular flexibility index (Phi) is 14.1. The van der Waals surface area contributed by atoms with Crippen LogP contribution < -0.4 is 19.5 Å². The van der Waals surface area contributed by atoms with Gasteiger partial charge in [-0.05, 0) is 94.8 Å². The van der Waals surface area contributed by atoms with Crippen LogP contribution in [0.25, 0.3) is 0 Å². The maximum absolute atomic E-state index is 13.8. The first-order valence-corrected chi connectivity index (χ1v) is 19.1. The van der Waals surface area contributed by atoms with Crippen LogP contribution in [-0.2, 0) is 25.5 Å². The monoisotopic (exact) mass is 834 g/mol. The van der Waals surface area contributed by atoms with Crippen molar-refractivity contribution in [2.45, 2.75) is 90.7 Å². The van der Waals surface area contributed by atoms with E-state index in [-0.39, 0.29) is 70.1 Å². The molecule has 1 aromatic heterocycles. The molecule has 57 heavy (non-hydrogen) atoms. The lowest BCUT2D eigenvalue weighted by Crippen LogP contribution is -2.60. The lowest BCUT2D eigenvalue weighted by Gasteiger charge is -2.44. The third kappa shape index (κ3) is 11.8. The van der Waals surface area contributed by atoms with Crippen LogP contribution in [0.2, 0.25) is 10.0 Å². The smallest absolute Gasteiger partial charge is 0.410 e. The van der Waals surface area contributed by atoms with Crippen LogP contribution in [0.5, 0.6) is 17.2 Å². The van der Waals surface area contributed by atoms with Crippen molar-refractivity contribution in [1.82, 2.24) is 14.8 Å². The summed E-state index contributed by atoms with van der Waals surface area (Å²) in [6.45, 7) is 6.54. The third-order valence-electron chi connectivity index (χ3n) is 9.27. The van der Waals surface area contributed by atoms with Crippen LogP contribution in [0.3, 0.4) is 0 Å². The van der Waals surface area contributed by atoms with Gasteiger partial charge in [-0.3, -0.25) is 14.6 Å². The van der Waals surface area contributed by atoms with Crippen molar-refractivity contribution in [3.63, 3.8) is 0 Å². The summed E-state index contributed by atoms with van der Waals surface area (Å²) in [5.41, 5.74) is 0.221. The molecule has 0 bridgehead atoms. The first-order valence-electron chi connectivity index (χ1n) is 18.4. The number of nitrogens with one attached hydrogen (secondary N) is 1. The molecule has 3 amide bonds. The number of benzene rings is 2. The molecule has 2 aromatic carbocycles. The Hall–Kier alpha value is -4.89. The second-order valence-electron chi connectivity index (χ2n) is 15.0. The number of carbonyl (C=O) groups excluding carboxylic acids is 4. The number of amides is 3. The van der Waals surface area contributed by atoms with E-state index >= 15 is 0 Å². The molecule has 2 fully saturated rings. The first kappa shape index (κ1) is 43.2. The minimum atomic E-state index is -3.10. The van der Waals surface area contributed by atoms with Crippen molar-refractivity contribution in [3.8, 4) is 17.2 Å². The largest absolute Gasteiger partial charge is 0.495 e. The molecule has 1 N–H and O–H groups in total. The lowest BCUT2D eigenvalue weighted by atomic mass is 10.0. The van der Waals surface area contributed by atoms with Crippen LogP contribution in [0.1, 0.15) is 81.5 Å². The average Bonchev–Trinajstić information content (AvgIpc) is 3.96. The third-order valence-corrected chi connectivity index (χ3v) is 9.93. The number of aromatic nitrogens is 1. The first-order chi connectivity index (χ1) is 26.9. The number of halogens is 4. The van der Waals surface area contributed by atoms with Crippen LogP contribution in [0, 0.1) is 5.92 Å². The summed E-state index contributed by atoms with van der Waals surface area (Å²) >= 11 is 12.9. The molecule has 0 radical (unpaired) electrons. The van der Waals surface area contributed by atoms with E-state index in [1.54, 1.807) is 44.4 Å². The molecule has 3 atom stereocenters. The minimum Gasteiger partial charge on any atom is -0.495 e. The standard InChI is InChI=1S/C40H46Cl2F2N4O9/c1-22-20-48(39(52)57-40(3,4)5)23(2)19-47(22)36(50)16-35(49)46-30-13-26(10-11-31(30)53-6)37(51)55-33(15-27-28(41)17-45-18-29(27)42)25-9-12-32(56-38(43)44)34(14-25)54-21-24-7-8-24/h9-14,17-18,22-24,33,38H,7-8,15-16,19-21H2,1-6H3,(H,46,49)/t22-,23+,33?/m0/s1. The lowest BCUT2D eigenvalue weighted by molar-refractivity contribution is -0.139. The summed E-state index contributed by atoms with van der Waals surface area (Å²) < 4.78 is 54.1. The van der Waals surface area contributed by atoms with E-state index in [1.165, 1.54) is 55.9 Å². The molecule has 1 saturated carbocycles. The highest BCUT2D eigenvalue weighted by molar-refractivity contribution is 6.35. The van der Waals surface area contributed by atoms with Gasteiger partial charge in [-0.25, -0.2) is 9.59 Å². The molecule has 5 rings (SSSR count). The molecule has 1 unspecified atom stereocenters. The maximum Gasteiger partial charge on any atom is 0.410 e. The fourth-order valence-corrected chi connectivity index (χ4v) is 6.70. The summed E-state index contributed by atoms with van der Waals surface area (Å²) in [5, 5.41) is 3.09. The van der Waals surface area contributed by atoms with Gasteiger partial charge < -0.3 is 38.8 Å². The number of rotatable bonds is 14. The Morgan fingerprint density at radius 1 is 0.930 bits per heavy atom. The summed E-state index contributed by atoms with van der Waals surface area (Å²) in [5.74, 6) is -1.57. The summed E-state index contributed by atoms with van der Waals surface area (Å²) in [7, 11) is 1.38. The van der Waals surface area contributed by atoms with E-state index in [1.807, 2.05) is 0 Å². The molecule has 1 aliphatic carbocycles. The van der Waals surface area contributed by atoms with E-state index in [2.05, 4.69) is 10.3 Å². The van der Waals surface area contributed by atoms with Crippen molar-refractivity contribution < 1.29 is 51.6 Å². The van der Waals surface area contributed by atoms with Gasteiger partial charge in [0.25, 0.3) is 0 Å². The Bertz CT molecular complexity index is 1940. The SMILES string of the molecule is COc1ccc(C(=O)OC(Cc2c(Cl)cncc2Cl)c2ccc(OC(F)F)c(OCC3CC3)c2)cc1NC(=O)CC(=O)N1C[C@@H](C)N(C(=O)OC(C)(C)C)C[C@@H]1C. The minimum absolute atomic E-state index is 0.0120. The van der Waals surface area contributed by atoms with Crippen LogP contribution in [0.15, 0.2) is 48.8 Å². The zero-order chi connectivity index (χ0) is 41.6. The Balaban J connectivity index is 1.33. The number of ether oxygens (including phenoxy) is 5. The second kappa shape index (κ2) is 18.6. The van der Waals surface area contributed by atoms with Gasteiger partial charge in [0, 0.05) is 44.0 Å². The second-order valence-corrected chi connectivity index (χ2v) is 15.9. The molecule has 1 saturated heterocycles. The van der Waals surface area contributed by atoms with Crippen molar-refractivity contribution in [2.24, 2.45) is 5.92 Å². The number of alkyl halides is 2. The normalized spacial score (nSPS) is 17.5. The number of piperazine rings is 1. The van der Waals surface area contributed by atoms with E-state index in [4.69, 9.17) is 46.9 Å². The van der Waals surface area contributed by atoms with Gasteiger partial charge in [0.1, 0.15) is 23.9 Å². The number of nitrogens with zero attached hydrogens (tertiary/aromatic N) is 3. The molecule has 3 aromatic rings. The quantitative estimate of drug-likeness (QED) is 0.125. The zero-order valence-corrected chi connectivity index (χ0v) is 34.0. The van der Waals surface area contributed by atoms with Crippen molar-refractivity contribution >= 4 is 52.8 Å². The molecule has 0 spiro atoms. The van der Waals surface area contributed by atoms with Gasteiger partial charge >= 0.3 is 18.7 Å². The van der Waals surface area contributed by atoms with Gasteiger partial charge in [0.2, 0.25) is 11.8 Å². The van der Waals surface area contributed by atoms with Gasteiger partial charge in [-0.2, -0.15) is 8.78 Å². The van der Waals surface area contributed by atoms with Gasteiger partial charge in [0.15, 0.2) is 11.5 Å². The zero-order valence-electron chi connectivity index (χ0n) is 32.5. The van der Waals surface area contributed by atoms with E-state index in [0.717, 1.165) is 12.8 Å². The van der Waals surface area contributed by atoms with E-state index < -0.39 is 48.6 Å². The molecule has 13 nitrogen and oxygen atoms in total. The Morgan fingerprint density at radius 3 is 2.21 bits per heavy atom. The van der Waals surface area contributed by atoms with Crippen LogP contribution in [-0.4, -0.2) is 89.8 Å². The fraction of sp³-hybridized carbons (Fsp3) is 0.475. The topological polar surface area (TPSA) is 146 Å². The fourth-order valence-electron chi connectivity index (χ4n) is 6.18. The van der Waals surface area contributed by atoms with Crippen LogP contribution >= 0.6 is 23.2 Å². The summed E-state index contributed by atoms with van der Waals surface area (Å²) in [4.78, 5) is 60.3. The molecular weight excluding hydrogens is 789 g/mol. The predicted molar refractivity (Wildman–Crippen MR) is 207 cm³/mol. The highest BCUT2D eigenvalue weighted by Gasteiger charge is 2.37. The number of methoxy groups -OCH3 is 1. The number of carbonyl (C=O) groups is 4. The molecule has 17 heteroatoms. The number of anilines is 1. The van der Waals surface area contributed by atoms with Crippen molar-refractivity contribution in [2.75, 3.05) is 32.1 Å².